The fourth-order valence-corrected chi connectivity index (χ4v) is 5.21. The van der Waals surface area contributed by atoms with Gasteiger partial charge >= 0.3 is 5.97 Å². The Balaban J connectivity index is 1.53. The molecular formula is C27H37N3O4. The van der Waals surface area contributed by atoms with E-state index in [9.17, 15) is 9.59 Å². The topological polar surface area (TPSA) is 64.0 Å². The van der Waals surface area contributed by atoms with Crippen molar-refractivity contribution >= 4 is 11.7 Å². The summed E-state index contributed by atoms with van der Waals surface area (Å²) in [5.74, 6) is -0.0485. The molecule has 184 valence electrons. The molecular weight excluding hydrogens is 430 g/mol. The van der Waals surface area contributed by atoms with Gasteiger partial charge in [-0.1, -0.05) is 12.1 Å². The number of nitrogens with zero attached hydrogens (tertiary/aromatic N) is 3. The van der Waals surface area contributed by atoms with E-state index in [4.69, 9.17) is 9.47 Å². The lowest BCUT2D eigenvalue weighted by Crippen LogP contribution is -2.29. The van der Waals surface area contributed by atoms with Gasteiger partial charge in [0, 0.05) is 63.1 Å². The number of hydrogen-bond donors (Lipinski definition) is 0. The van der Waals surface area contributed by atoms with Crippen LogP contribution < -0.4 is 15.2 Å². The van der Waals surface area contributed by atoms with Gasteiger partial charge in [0.1, 0.15) is 11.3 Å². The number of fused-ring (bicyclic) bond motifs is 1. The molecule has 4 rings (SSSR count). The zero-order valence-corrected chi connectivity index (χ0v) is 20.7. The van der Waals surface area contributed by atoms with E-state index in [0.717, 1.165) is 64.1 Å². The second kappa shape index (κ2) is 11.1. The summed E-state index contributed by atoms with van der Waals surface area (Å²) in [6, 6.07) is 10.2. The van der Waals surface area contributed by atoms with E-state index in [1.54, 1.807) is 4.57 Å². The number of methoxy groups -OCH3 is 1. The smallest absolute Gasteiger partial charge is 0.343 e. The van der Waals surface area contributed by atoms with Gasteiger partial charge in [-0.15, -0.1) is 0 Å². The molecule has 2 aromatic rings. The van der Waals surface area contributed by atoms with Gasteiger partial charge in [-0.05, 0) is 57.2 Å². The molecule has 1 aromatic carbocycles. The second-order valence-electron chi connectivity index (χ2n) is 9.20. The van der Waals surface area contributed by atoms with Crippen molar-refractivity contribution in [2.24, 2.45) is 0 Å². The highest BCUT2D eigenvalue weighted by Gasteiger charge is 2.28. The molecule has 0 radical (unpaired) electrons. The Hall–Kier alpha value is -2.80. The van der Waals surface area contributed by atoms with Crippen molar-refractivity contribution in [3.05, 3.63) is 57.5 Å². The van der Waals surface area contributed by atoms with Crippen molar-refractivity contribution in [3.63, 3.8) is 0 Å². The first-order chi connectivity index (χ1) is 16.5. The molecule has 1 aliphatic heterocycles. The Morgan fingerprint density at radius 1 is 1.06 bits per heavy atom. The zero-order chi connectivity index (χ0) is 24.1. The quantitative estimate of drug-likeness (QED) is 0.550. The zero-order valence-electron chi connectivity index (χ0n) is 20.7. The van der Waals surface area contributed by atoms with Crippen LogP contribution in [0, 0.1) is 0 Å². The van der Waals surface area contributed by atoms with E-state index in [1.165, 1.54) is 24.4 Å². The molecule has 2 heterocycles. The van der Waals surface area contributed by atoms with Crippen LogP contribution in [0.15, 0.2) is 35.1 Å². The maximum atomic E-state index is 13.0. The molecule has 0 spiro atoms. The van der Waals surface area contributed by atoms with Crippen LogP contribution in [0.3, 0.4) is 0 Å². The highest BCUT2D eigenvalue weighted by atomic mass is 16.5. The fourth-order valence-electron chi connectivity index (χ4n) is 5.21. The number of esters is 1. The van der Waals surface area contributed by atoms with Crippen LogP contribution in [-0.2, 0) is 24.2 Å². The molecule has 0 unspecified atom stereocenters. The summed E-state index contributed by atoms with van der Waals surface area (Å²) in [7, 11) is 1.38. The molecule has 1 saturated carbocycles. The van der Waals surface area contributed by atoms with E-state index in [2.05, 4.69) is 47.9 Å². The molecule has 0 bridgehead atoms. The normalized spacial score (nSPS) is 16.7. The Morgan fingerprint density at radius 3 is 2.41 bits per heavy atom. The van der Waals surface area contributed by atoms with Crippen LogP contribution in [0.2, 0.25) is 0 Å². The Bertz CT molecular complexity index is 1040. The third-order valence-electron chi connectivity index (χ3n) is 7.14. The van der Waals surface area contributed by atoms with Crippen LogP contribution in [0.1, 0.15) is 61.1 Å². The first-order valence-electron chi connectivity index (χ1n) is 12.6. The molecule has 1 aliphatic carbocycles. The minimum Gasteiger partial charge on any atom is -0.489 e. The maximum Gasteiger partial charge on any atom is 0.343 e. The second-order valence-corrected chi connectivity index (χ2v) is 9.20. The molecule has 2 aliphatic rings. The first kappa shape index (κ1) is 24.3. The summed E-state index contributed by atoms with van der Waals surface area (Å²) >= 11 is 0. The number of carbonyl (C=O) groups is 1. The van der Waals surface area contributed by atoms with E-state index in [-0.39, 0.29) is 11.7 Å². The van der Waals surface area contributed by atoms with Gasteiger partial charge in [-0.25, -0.2) is 4.79 Å². The molecule has 0 amide bonds. The van der Waals surface area contributed by atoms with E-state index in [0.29, 0.717) is 24.3 Å². The predicted octanol–water partition coefficient (Wildman–Crippen LogP) is 3.86. The maximum absolute atomic E-state index is 13.0. The minimum absolute atomic E-state index is 0.0624. The summed E-state index contributed by atoms with van der Waals surface area (Å²) in [6.07, 6.45) is 4.81. The van der Waals surface area contributed by atoms with Gasteiger partial charge < -0.3 is 18.9 Å². The Labute approximate surface area is 202 Å². The number of anilines is 1. The largest absolute Gasteiger partial charge is 0.489 e. The van der Waals surface area contributed by atoms with Gasteiger partial charge in [0.05, 0.1) is 13.2 Å². The average Bonchev–Trinajstić information content (AvgIpc) is 3.27. The molecule has 7 nitrogen and oxygen atoms in total. The summed E-state index contributed by atoms with van der Waals surface area (Å²) < 4.78 is 13.0. The van der Waals surface area contributed by atoms with Gasteiger partial charge in [0.15, 0.2) is 0 Å². The number of pyridine rings is 1. The summed E-state index contributed by atoms with van der Waals surface area (Å²) in [6.45, 7) is 9.16. The van der Waals surface area contributed by atoms with Gasteiger partial charge in [0.25, 0.3) is 5.56 Å². The van der Waals surface area contributed by atoms with Crippen LogP contribution >= 0.6 is 0 Å². The standard InChI is InChI=1S/C27H37N3O4/c1-4-29(5-2)21-12-10-20(11-13-21)19-28-15-14-23-26(27(32)33-3)24(34-22-8-6-7-9-22)18-25(31)30(23)17-16-28/h10-13,18,22H,4-9,14-17,19H2,1-3H3. The molecule has 1 fully saturated rings. The number of hydrogen-bond acceptors (Lipinski definition) is 6. The third kappa shape index (κ3) is 5.30. The van der Waals surface area contributed by atoms with Crippen LogP contribution in [0.4, 0.5) is 5.69 Å². The summed E-state index contributed by atoms with van der Waals surface area (Å²) in [4.78, 5) is 30.5. The fraction of sp³-hybridized carbons (Fsp3) is 0.556. The SMILES string of the molecule is CCN(CC)c1ccc(CN2CCc3c(C(=O)OC)c(OC4CCCC4)cc(=O)n3CC2)cc1. The monoisotopic (exact) mass is 467 g/mol. The molecule has 7 heteroatoms. The lowest BCUT2D eigenvalue weighted by molar-refractivity contribution is 0.0590. The molecule has 0 saturated heterocycles. The predicted molar refractivity (Wildman–Crippen MR) is 134 cm³/mol. The molecule has 0 N–H and O–H groups in total. The van der Waals surface area contributed by atoms with Crippen molar-refractivity contribution in [1.29, 1.82) is 0 Å². The lowest BCUT2D eigenvalue weighted by Gasteiger charge is -2.22. The number of carbonyl (C=O) groups excluding carboxylic acids is 1. The van der Waals surface area contributed by atoms with Crippen molar-refractivity contribution in [1.82, 2.24) is 9.47 Å². The molecule has 1 aromatic heterocycles. The number of aromatic nitrogens is 1. The van der Waals surface area contributed by atoms with Crippen molar-refractivity contribution in [2.75, 3.05) is 38.2 Å². The third-order valence-corrected chi connectivity index (χ3v) is 7.14. The lowest BCUT2D eigenvalue weighted by atomic mass is 10.1. The number of rotatable bonds is 8. The van der Waals surface area contributed by atoms with Gasteiger partial charge in [-0.2, -0.15) is 0 Å². The molecule has 34 heavy (non-hydrogen) atoms. The van der Waals surface area contributed by atoms with Crippen LogP contribution in [0.5, 0.6) is 5.75 Å². The summed E-state index contributed by atoms with van der Waals surface area (Å²) in [5.41, 5.74) is 3.51. The van der Waals surface area contributed by atoms with Crippen LogP contribution in [0.25, 0.3) is 0 Å². The Kier molecular flexibility index (Phi) is 7.93. The number of benzene rings is 1. The minimum atomic E-state index is -0.433. The summed E-state index contributed by atoms with van der Waals surface area (Å²) in [5, 5.41) is 0. The highest BCUT2D eigenvalue weighted by molar-refractivity contribution is 5.93. The van der Waals surface area contributed by atoms with E-state index < -0.39 is 5.97 Å². The highest BCUT2D eigenvalue weighted by Crippen LogP contribution is 2.29. The van der Waals surface area contributed by atoms with E-state index in [1.807, 2.05) is 0 Å². The molecule has 0 atom stereocenters. The van der Waals surface area contributed by atoms with Gasteiger partial charge in [0.2, 0.25) is 0 Å². The van der Waals surface area contributed by atoms with Crippen molar-refractivity contribution in [2.45, 2.75) is 65.1 Å². The van der Waals surface area contributed by atoms with Crippen LogP contribution in [-0.4, -0.2) is 54.8 Å². The van der Waals surface area contributed by atoms with Crippen molar-refractivity contribution < 1.29 is 14.3 Å². The average molecular weight is 468 g/mol. The van der Waals surface area contributed by atoms with Gasteiger partial charge in [-0.3, -0.25) is 9.69 Å². The Morgan fingerprint density at radius 2 is 1.76 bits per heavy atom. The van der Waals surface area contributed by atoms with Crippen molar-refractivity contribution in [3.8, 4) is 5.75 Å². The first-order valence-corrected chi connectivity index (χ1v) is 12.6. The van der Waals surface area contributed by atoms with E-state index >= 15 is 0 Å². The number of ether oxygens (including phenoxy) is 2.